The fourth-order valence-corrected chi connectivity index (χ4v) is 2.70. The van der Waals surface area contributed by atoms with Crippen LogP contribution in [0.1, 0.15) is 34.6 Å². The zero-order chi connectivity index (χ0) is 14.0. The molecule has 5 heteroatoms. The van der Waals surface area contributed by atoms with Crippen molar-refractivity contribution in [2.24, 2.45) is 5.92 Å². The van der Waals surface area contributed by atoms with Crippen molar-refractivity contribution in [3.05, 3.63) is 23.0 Å². The van der Waals surface area contributed by atoms with Crippen LogP contribution in [-0.4, -0.2) is 46.4 Å². The normalized spacial score (nSPS) is 20.4. The third-order valence-corrected chi connectivity index (χ3v) is 3.67. The molecule has 1 aromatic rings. The number of carboxylic acid groups (broad SMARTS) is 1. The number of aliphatic carboxylic acids is 1. The molecular weight excluding hydrogens is 244 g/mol. The average Bonchev–Trinajstić information content (AvgIpc) is 2.69. The van der Waals surface area contributed by atoms with Crippen LogP contribution in [0, 0.1) is 19.8 Å². The molecule has 2 N–H and O–H groups in total. The molecule has 1 unspecified atom stereocenters. The van der Waals surface area contributed by atoms with Gasteiger partial charge in [0, 0.05) is 23.5 Å². The van der Waals surface area contributed by atoms with Crippen LogP contribution >= 0.6 is 0 Å². The van der Waals surface area contributed by atoms with Crippen LogP contribution in [0.5, 0.6) is 0 Å². The number of carbonyl (C=O) groups excluding carboxylic acids is 1. The molecule has 1 atom stereocenters. The summed E-state index contributed by atoms with van der Waals surface area (Å²) in [7, 11) is 0. The van der Waals surface area contributed by atoms with Crippen molar-refractivity contribution in [1.29, 1.82) is 0 Å². The van der Waals surface area contributed by atoms with Crippen LogP contribution < -0.4 is 0 Å². The number of likely N-dealkylation sites (tertiary alicyclic amines) is 1. The van der Waals surface area contributed by atoms with Crippen LogP contribution in [0.25, 0.3) is 0 Å². The van der Waals surface area contributed by atoms with Gasteiger partial charge in [-0.15, -0.1) is 0 Å². The Morgan fingerprint density at radius 2 is 2.21 bits per heavy atom. The van der Waals surface area contributed by atoms with Gasteiger partial charge in [-0.05, 0) is 39.3 Å². The summed E-state index contributed by atoms with van der Waals surface area (Å²) in [5.74, 6) is -1.03. The molecule has 0 aromatic carbocycles. The third kappa shape index (κ3) is 3.23. The first-order valence-electron chi connectivity index (χ1n) is 6.62. The number of carbonyl (C=O) groups is 2. The first-order chi connectivity index (χ1) is 8.97. The maximum atomic E-state index is 12.2. The zero-order valence-corrected chi connectivity index (χ0v) is 11.4. The van der Waals surface area contributed by atoms with Crippen molar-refractivity contribution in [3.8, 4) is 0 Å². The molecule has 1 aliphatic heterocycles. The van der Waals surface area contributed by atoms with Gasteiger partial charge in [-0.25, -0.2) is 0 Å². The number of hydrogen-bond donors (Lipinski definition) is 2. The first kappa shape index (κ1) is 13.8. The predicted molar refractivity (Wildman–Crippen MR) is 71.4 cm³/mol. The molecule has 1 aliphatic rings. The highest BCUT2D eigenvalue weighted by molar-refractivity contribution is 5.98. The van der Waals surface area contributed by atoms with E-state index in [1.165, 1.54) is 0 Å². The van der Waals surface area contributed by atoms with Gasteiger partial charge in [-0.3, -0.25) is 14.5 Å². The van der Waals surface area contributed by atoms with E-state index in [-0.39, 0.29) is 11.7 Å². The molecule has 0 saturated carbocycles. The van der Waals surface area contributed by atoms with E-state index in [1.54, 1.807) is 0 Å². The minimum absolute atomic E-state index is 0.0629. The Kier molecular flexibility index (Phi) is 4.04. The van der Waals surface area contributed by atoms with Crippen LogP contribution in [0.4, 0.5) is 0 Å². The lowest BCUT2D eigenvalue weighted by atomic mass is 9.98. The first-order valence-corrected chi connectivity index (χ1v) is 6.62. The highest BCUT2D eigenvalue weighted by Crippen LogP contribution is 2.18. The van der Waals surface area contributed by atoms with Gasteiger partial charge in [-0.1, -0.05) is 0 Å². The fourth-order valence-electron chi connectivity index (χ4n) is 2.70. The van der Waals surface area contributed by atoms with Gasteiger partial charge in [0.15, 0.2) is 5.78 Å². The van der Waals surface area contributed by atoms with Gasteiger partial charge in [0.05, 0.1) is 12.5 Å². The minimum Gasteiger partial charge on any atom is -0.481 e. The lowest BCUT2D eigenvalue weighted by molar-refractivity contribution is -0.143. The molecule has 0 radical (unpaired) electrons. The van der Waals surface area contributed by atoms with Crippen molar-refractivity contribution < 1.29 is 14.7 Å². The summed E-state index contributed by atoms with van der Waals surface area (Å²) < 4.78 is 0. The zero-order valence-electron chi connectivity index (χ0n) is 11.4. The van der Waals surface area contributed by atoms with Crippen LogP contribution in [0.2, 0.25) is 0 Å². The fraction of sp³-hybridized carbons (Fsp3) is 0.571. The molecule has 0 spiro atoms. The highest BCUT2D eigenvalue weighted by Gasteiger charge is 2.27. The van der Waals surface area contributed by atoms with E-state index in [2.05, 4.69) is 4.98 Å². The molecule has 1 fully saturated rings. The number of piperidine rings is 1. The number of H-pyrrole nitrogens is 1. The second-order valence-corrected chi connectivity index (χ2v) is 5.33. The van der Waals surface area contributed by atoms with Crippen molar-refractivity contribution in [3.63, 3.8) is 0 Å². The maximum absolute atomic E-state index is 12.2. The molecular formula is C14H20N2O3. The number of aryl methyl sites for hydroxylation is 2. The smallest absolute Gasteiger partial charge is 0.307 e. The number of Topliss-reactive ketones (excluding diaryl/α,β-unsaturated/α-hetero) is 1. The lowest BCUT2D eigenvalue weighted by Gasteiger charge is -2.29. The summed E-state index contributed by atoms with van der Waals surface area (Å²) in [6.07, 6.45) is 1.55. The Balaban J connectivity index is 1.99. The molecule has 0 amide bonds. The monoisotopic (exact) mass is 264 g/mol. The number of carboxylic acids is 1. The summed E-state index contributed by atoms with van der Waals surface area (Å²) in [6.45, 7) is 5.39. The van der Waals surface area contributed by atoms with E-state index in [1.807, 2.05) is 24.8 Å². The molecule has 1 saturated heterocycles. The van der Waals surface area contributed by atoms with Crippen molar-refractivity contribution in [1.82, 2.24) is 9.88 Å². The summed E-state index contributed by atoms with van der Waals surface area (Å²) >= 11 is 0. The minimum atomic E-state index is -0.759. The van der Waals surface area contributed by atoms with E-state index < -0.39 is 5.97 Å². The van der Waals surface area contributed by atoms with Crippen molar-refractivity contribution in [2.75, 3.05) is 19.6 Å². The summed E-state index contributed by atoms with van der Waals surface area (Å²) in [4.78, 5) is 28.3. The molecule has 0 bridgehead atoms. The van der Waals surface area contributed by atoms with Gasteiger partial charge in [0.1, 0.15) is 0 Å². The number of nitrogens with zero attached hydrogens (tertiary/aromatic N) is 1. The number of rotatable bonds is 4. The molecule has 0 aliphatic carbocycles. The second-order valence-electron chi connectivity index (χ2n) is 5.33. The summed E-state index contributed by atoms with van der Waals surface area (Å²) in [5.41, 5.74) is 2.58. The van der Waals surface area contributed by atoms with E-state index in [0.717, 1.165) is 29.9 Å². The second kappa shape index (κ2) is 5.57. The van der Waals surface area contributed by atoms with E-state index in [0.29, 0.717) is 19.5 Å². The van der Waals surface area contributed by atoms with Crippen molar-refractivity contribution >= 4 is 11.8 Å². The molecule has 1 aromatic heterocycles. The number of aromatic amines is 1. The summed E-state index contributed by atoms with van der Waals surface area (Å²) in [6, 6.07) is 1.86. The molecule has 19 heavy (non-hydrogen) atoms. The van der Waals surface area contributed by atoms with E-state index >= 15 is 0 Å². The quantitative estimate of drug-likeness (QED) is 0.810. The van der Waals surface area contributed by atoms with Gasteiger partial charge in [-0.2, -0.15) is 0 Å². The maximum Gasteiger partial charge on any atom is 0.307 e. The Bertz CT molecular complexity index is 493. The van der Waals surface area contributed by atoms with Crippen LogP contribution in [0.15, 0.2) is 6.07 Å². The Hall–Kier alpha value is -1.62. The van der Waals surface area contributed by atoms with Gasteiger partial charge in [0.2, 0.25) is 0 Å². The predicted octanol–water partition coefficient (Wildman–Crippen LogP) is 1.61. The van der Waals surface area contributed by atoms with Gasteiger partial charge < -0.3 is 10.1 Å². The molecule has 104 valence electrons. The lowest BCUT2D eigenvalue weighted by Crippen LogP contribution is -2.41. The molecule has 2 rings (SSSR count). The van der Waals surface area contributed by atoms with Crippen LogP contribution in [0.3, 0.4) is 0 Å². The van der Waals surface area contributed by atoms with E-state index in [4.69, 9.17) is 5.11 Å². The SMILES string of the molecule is Cc1cc(C(=O)CN2CCCC(C(=O)O)C2)c(C)[nH]1. The number of nitrogens with one attached hydrogen (secondary N) is 1. The average molecular weight is 264 g/mol. The van der Waals surface area contributed by atoms with Crippen molar-refractivity contribution in [2.45, 2.75) is 26.7 Å². The summed E-state index contributed by atoms with van der Waals surface area (Å²) in [5, 5.41) is 9.04. The molecule has 5 nitrogen and oxygen atoms in total. The van der Waals surface area contributed by atoms with Gasteiger partial charge >= 0.3 is 5.97 Å². The largest absolute Gasteiger partial charge is 0.481 e. The number of hydrogen-bond acceptors (Lipinski definition) is 3. The van der Waals surface area contributed by atoms with Crippen LogP contribution in [-0.2, 0) is 4.79 Å². The third-order valence-electron chi connectivity index (χ3n) is 3.67. The topological polar surface area (TPSA) is 73.4 Å². The number of aromatic nitrogens is 1. The number of ketones is 1. The van der Waals surface area contributed by atoms with Gasteiger partial charge in [0.25, 0.3) is 0 Å². The standard InChI is InChI=1S/C14H20N2O3/c1-9-6-12(10(2)15-9)13(17)8-16-5-3-4-11(7-16)14(18)19/h6,11,15H,3-5,7-8H2,1-2H3,(H,18,19). The highest BCUT2D eigenvalue weighted by atomic mass is 16.4. The Labute approximate surface area is 112 Å². The Morgan fingerprint density at radius 3 is 2.79 bits per heavy atom. The molecule has 2 heterocycles. The van der Waals surface area contributed by atoms with E-state index in [9.17, 15) is 9.59 Å². The Morgan fingerprint density at radius 1 is 1.47 bits per heavy atom.